The number of anilines is 2. The van der Waals surface area contributed by atoms with Crippen molar-refractivity contribution in [1.29, 1.82) is 0 Å². The number of rotatable bonds is 2. The van der Waals surface area contributed by atoms with Crippen molar-refractivity contribution in [3.8, 4) is 0 Å². The van der Waals surface area contributed by atoms with Gasteiger partial charge in [0.25, 0.3) is 0 Å². The van der Waals surface area contributed by atoms with Crippen LogP contribution in [0.5, 0.6) is 0 Å². The molecule has 8 nitrogen and oxygen atoms in total. The zero-order chi connectivity index (χ0) is 20.8. The molecule has 0 bridgehead atoms. The van der Waals surface area contributed by atoms with Crippen LogP contribution in [0.25, 0.3) is 0 Å². The van der Waals surface area contributed by atoms with Gasteiger partial charge in [-0.1, -0.05) is 24.4 Å². The van der Waals surface area contributed by atoms with Gasteiger partial charge in [-0.15, -0.1) is 0 Å². The van der Waals surface area contributed by atoms with Crippen LogP contribution in [0.3, 0.4) is 0 Å². The molecule has 2 aromatic rings. The highest BCUT2D eigenvalue weighted by Crippen LogP contribution is 2.29. The van der Waals surface area contributed by atoms with Crippen molar-refractivity contribution < 1.29 is 0 Å². The first kappa shape index (κ1) is 21.5. The lowest BCUT2D eigenvalue weighted by atomic mass is 10.3. The first-order chi connectivity index (χ1) is 14.7. The van der Waals surface area contributed by atoms with Crippen LogP contribution in [0.15, 0.2) is 36.9 Å². The minimum atomic E-state index is 0.784. The standard InChI is InChI=1S/C18H22N8S4/c27-17(25-11-7-23(8-12-25)15-19-3-1-4-20-15)29-30-18(28)26-13-9-24(10-14-26)16-21-5-2-6-22-16/h1-6H,7-14H2. The summed E-state index contributed by atoms with van der Waals surface area (Å²) in [7, 11) is 3.16. The second kappa shape index (κ2) is 10.5. The van der Waals surface area contributed by atoms with Gasteiger partial charge in [-0.05, 0) is 33.7 Å². The molecule has 4 rings (SSSR count). The van der Waals surface area contributed by atoms with E-state index in [0.29, 0.717) is 0 Å². The van der Waals surface area contributed by atoms with Gasteiger partial charge in [0.2, 0.25) is 11.9 Å². The second-order valence-corrected chi connectivity index (χ2v) is 10.1. The van der Waals surface area contributed by atoms with Crippen molar-refractivity contribution in [1.82, 2.24) is 29.7 Å². The molecular formula is C18H22N8S4. The molecule has 0 radical (unpaired) electrons. The molecule has 2 saturated heterocycles. The minimum Gasteiger partial charge on any atom is -0.353 e. The summed E-state index contributed by atoms with van der Waals surface area (Å²) >= 11 is 11.3. The average molecular weight is 479 g/mol. The van der Waals surface area contributed by atoms with Crippen LogP contribution >= 0.6 is 46.0 Å². The number of thiocarbonyl (C=S) groups is 2. The van der Waals surface area contributed by atoms with E-state index in [2.05, 4.69) is 39.5 Å². The topological polar surface area (TPSA) is 64.5 Å². The Morgan fingerprint density at radius 3 is 1.27 bits per heavy atom. The quantitative estimate of drug-likeness (QED) is 0.469. The van der Waals surface area contributed by atoms with Crippen molar-refractivity contribution >= 4 is 66.6 Å². The van der Waals surface area contributed by atoms with E-state index >= 15 is 0 Å². The predicted molar refractivity (Wildman–Crippen MR) is 132 cm³/mol. The molecule has 0 spiro atoms. The molecule has 0 N–H and O–H groups in total. The maximum Gasteiger partial charge on any atom is 0.225 e. The summed E-state index contributed by atoms with van der Waals surface area (Å²) in [5, 5.41) is 0. The molecular weight excluding hydrogens is 457 g/mol. The van der Waals surface area contributed by atoms with Gasteiger partial charge in [-0.3, -0.25) is 0 Å². The molecule has 30 heavy (non-hydrogen) atoms. The molecule has 0 saturated carbocycles. The number of hydrogen-bond acceptors (Lipinski definition) is 10. The largest absolute Gasteiger partial charge is 0.353 e. The summed E-state index contributed by atoms with van der Waals surface area (Å²) < 4.78 is 1.76. The smallest absolute Gasteiger partial charge is 0.225 e. The third kappa shape index (κ3) is 5.48. The summed E-state index contributed by atoms with van der Waals surface area (Å²) in [5.74, 6) is 1.57. The van der Waals surface area contributed by atoms with Gasteiger partial charge in [-0.2, -0.15) is 0 Å². The van der Waals surface area contributed by atoms with Crippen LogP contribution in [0.4, 0.5) is 11.9 Å². The summed E-state index contributed by atoms with van der Waals surface area (Å²) in [4.78, 5) is 26.2. The minimum absolute atomic E-state index is 0.784. The zero-order valence-electron chi connectivity index (χ0n) is 16.3. The van der Waals surface area contributed by atoms with Crippen LogP contribution in [0, 0.1) is 0 Å². The molecule has 0 unspecified atom stereocenters. The maximum absolute atomic E-state index is 5.65. The Hall–Kier alpha value is -1.76. The molecule has 2 aromatic heterocycles. The summed E-state index contributed by atoms with van der Waals surface area (Å²) in [6, 6.07) is 3.67. The van der Waals surface area contributed by atoms with E-state index in [0.717, 1.165) is 72.9 Å². The van der Waals surface area contributed by atoms with Crippen molar-refractivity contribution in [2.75, 3.05) is 62.2 Å². The SMILES string of the molecule is S=C(SSC(=S)N1CCN(c2ncccn2)CC1)N1CCN(c2ncccn2)CC1. The van der Waals surface area contributed by atoms with Gasteiger partial charge >= 0.3 is 0 Å². The van der Waals surface area contributed by atoms with Gasteiger partial charge in [0.05, 0.1) is 0 Å². The predicted octanol–water partition coefficient (Wildman–Crippen LogP) is 2.16. The van der Waals surface area contributed by atoms with Crippen molar-refractivity contribution in [3.05, 3.63) is 36.9 Å². The first-order valence-corrected chi connectivity index (χ1v) is 12.6. The molecule has 0 aromatic carbocycles. The van der Waals surface area contributed by atoms with Crippen LogP contribution in [0.2, 0.25) is 0 Å². The fourth-order valence-electron chi connectivity index (χ4n) is 3.26. The van der Waals surface area contributed by atoms with Gasteiger partial charge in [0, 0.05) is 77.1 Å². The van der Waals surface area contributed by atoms with Gasteiger partial charge in [0.1, 0.15) is 8.64 Å². The summed E-state index contributed by atoms with van der Waals surface area (Å²) in [6.45, 7) is 6.93. The second-order valence-electron chi connectivity index (χ2n) is 6.74. The van der Waals surface area contributed by atoms with E-state index < -0.39 is 0 Å². The van der Waals surface area contributed by atoms with Gasteiger partial charge < -0.3 is 19.6 Å². The Labute approximate surface area is 194 Å². The molecule has 0 atom stereocenters. The zero-order valence-corrected chi connectivity index (χ0v) is 19.6. The lowest BCUT2D eigenvalue weighted by Crippen LogP contribution is -2.48. The van der Waals surface area contributed by atoms with Gasteiger partial charge in [0.15, 0.2) is 0 Å². The third-order valence-electron chi connectivity index (χ3n) is 4.93. The Morgan fingerprint density at radius 2 is 0.933 bits per heavy atom. The summed E-state index contributed by atoms with van der Waals surface area (Å²) in [5.41, 5.74) is 0. The highest BCUT2D eigenvalue weighted by molar-refractivity contribution is 8.89. The molecule has 0 amide bonds. The molecule has 158 valence electrons. The van der Waals surface area contributed by atoms with E-state index in [1.54, 1.807) is 46.4 Å². The van der Waals surface area contributed by atoms with Crippen molar-refractivity contribution in [2.45, 2.75) is 0 Å². The Bertz CT molecular complexity index is 768. The maximum atomic E-state index is 5.65. The monoisotopic (exact) mass is 478 g/mol. The van der Waals surface area contributed by atoms with Crippen LogP contribution in [0.1, 0.15) is 0 Å². The van der Waals surface area contributed by atoms with E-state index in [9.17, 15) is 0 Å². The van der Waals surface area contributed by atoms with Gasteiger partial charge in [-0.25, -0.2) is 19.9 Å². The molecule has 4 heterocycles. The first-order valence-electron chi connectivity index (χ1n) is 9.67. The Balaban J connectivity index is 1.18. The van der Waals surface area contributed by atoms with Crippen molar-refractivity contribution in [3.63, 3.8) is 0 Å². The van der Waals surface area contributed by atoms with E-state index in [1.165, 1.54) is 0 Å². The summed E-state index contributed by atoms with van der Waals surface area (Å²) in [6.07, 6.45) is 7.11. The number of hydrogen-bond donors (Lipinski definition) is 0. The Morgan fingerprint density at radius 1 is 0.600 bits per heavy atom. The normalized spacial score (nSPS) is 17.2. The highest BCUT2D eigenvalue weighted by Gasteiger charge is 2.24. The van der Waals surface area contributed by atoms with E-state index in [4.69, 9.17) is 24.4 Å². The van der Waals surface area contributed by atoms with Crippen LogP contribution in [-0.2, 0) is 0 Å². The number of aromatic nitrogens is 4. The fraction of sp³-hybridized carbons (Fsp3) is 0.444. The van der Waals surface area contributed by atoms with Crippen molar-refractivity contribution in [2.24, 2.45) is 0 Å². The molecule has 2 aliphatic heterocycles. The molecule has 12 heteroatoms. The number of nitrogens with zero attached hydrogens (tertiary/aromatic N) is 8. The third-order valence-corrected chi connectivity index (χ3v) is 8.66. The highest BCUT2D eigenvalue weighted by atomic mass is 33.1. The molecule has 0 aliphatic carbocycles. The Kier molecular flexibility index (Phi) is 7.52. The van der Waals surface area contributed by atoms with Crippen LogP contribution in [-0.4, -0.2) is 90.7 Å². The average Bonchev–Trinajstić information content (AvgIpc) is 2.83. The van der Waals surface area contributed by atoms with E-state index in [-0.39, 0.29) is 0 Å². The lowest BCUT2D eigenvalue weighted by molar-refractivity contribution is 0.394. The molecule has 2 aliphatic rings. The fourth-order valence-corrected chi connectivity index (χ4v) is 6.02. The molecule has 2 fully saturated rings. The van der Waals surface area contributed by atoms with E-state index in [1.807, 2.05) is 12.1 Å². The number of piperazine rings is 2. The lowest BCUT2D eigenvalue weighted by Gasteiger charge is -2.37. The van der Waals surface area contributed by atoms with Crippen LogP contribution < -0.4 is 9.80 Å².